The second kappa shape index (κ2) is 11.5. The Bertz CT molecular complexity index is 934. The summed E-state index contributed by atoms with van der Waals surface area (Å²) in [5.74, 6) is 0.767. The summed E-state index contributed by atoms with van der Waals surface area (Å²) in [4.78, 5) is 13.2. The molecule has 0 saturated heterocycles. The molecular formula is C26H32ClNO3. The zero-order valence-electron chi connectivity index (χ0n) is 19.0. The number of hydrogen-bond acceptors (Lipinski definition) is 4. The average Bonchev–Trinajstić information content (AvgIpc) is 2.73. The number of ether oxygens (including phenoxy) is 1. The Balaban J connectivity index is 0.000000605. The van der Waals surface area contributed by atoms with Gasteiger partial charge in [-0.25, -0.2) is 0 Å². The zero-order valence-corrected chi connectivity index (χ0v) is 19.8. The molecule has 3 rings (SSSR count). The third kappa shape index (κ3) is 7.12. The van der Waals surface area contributed by atoms with Crippen LogP contribution in [0.2, 0.25) is 5.02 Å². The molecule has 0 aromatic heterocycles. The zero-order chi connectivity index (χ0) is 23.8. The first-order chi connectivity index (χ1) is 14.6. The average molecular weight is 442 g/mol. The van der Waals surface area contributed by atoms with E-state index in [1.54, 1.807) is 27.9 Å². The van der Waals surface area contributed by atoms with E-state index in [9.17, 15) is 4.79 Å². The van der Waals surface area contributed by atoms with Crippen LogP contribution in [-0.4, -0.2) is 36.1 Å². The first kappa shape index (κ1) is 26.2. The molecule has 1 N–H and O–H groups in total. The van der Waals surface area contributed by atoms with Crippen LogP contribution in [0.25, 0.3) is 11.3 Å². The van der Waals surface area contributed by atoms with E-state index in [1.165, 1.54) is 0 Å². The molecule has 0 unspecified atom stereocenters. The molecule has 166 valence electrons. The Morgan fingerprint density at radius 1 is 1.10 bits per heavy atom. The van der Waals surface area contributed by atoms with E-state index in [-0.39, 0.29) is 0 Å². The SMILES string of the molecule is C=C.C=C1c2ccc(OC)cc2C(c2ccc(Cl)cc2)=C(CC=O)N1C.CC(C)(C)O. The highest BCUT2D eigenvalue weighted by Crippen LogP contribution is 2.42. The summed E-state index contributed by atoms with van der Waals surface area (Å²) in [7, 11) is 3.58. The third-order valence-corrected chi connectivity index (χ3v) is 4.57. The van der Waals surface area contributed by atoms with Gasteiger partial charge in [-0.2, -0.15) is 0 Å². The van der Waals surface area contributed by atoms with Gasteiger partial charge in [0.15, 0.2) is 0 Å². The van der Waals surface area contributed by atoms with Gasteiger partial charge in [0.25, 0.3) is 0 Å². The molecule has 1 heterocycles. The normalized spacial score (nSPS) is 12.7. The molecule has 0 fully saturated rings. The van der Waals surface area contributed by atoms with E-state index in [4.69, 9.17) is 21.4 Å². The lowest BCUT2D eigenvalue weighted by Gasteiger charge is -2.34. The number of hydrogen-bond donors (Lipinski definition) is 1. The molecule has 0 spiro atoms. The van der Waals surface area contributed by atoms with Crippen LogP contribution in [-0.2, 0) is 4.79 Å². The van der Waals surface area contributed by atoms with E-state index in [0.717, 1.165) is 45.7 Å². The van der Waals surface area contributed by atoms with E-state index in [1.807, 2.05) is 54.4 Å². The van der Waals surface area contributed by atoms with Gasteiger partial charge in [-0.05, 0) is 62.2 Å². The number of rotatable bonds is 4. The minimum atomic E-state index is -0.500. The predicted molar refractivity (Wildman–Crippen MR) is 131 cm³/mol. The van der Waals surface area contributed by atoms with Gasteiger partial charge in [-0.3, -0.25) is 0 Å². The number of allylic oxidation sites excluding steroid dienone is 1. The number of benzene rings is 2. The fraction of sp³-hybridized carbons (Fsp3) is 0.269. The van der Waals surface area contributed by atoms with E-state index in [2.05, 4.69) is 19.7 Å². The second-order valence-corrected chi connectivity index (χ2v) is 8.22. The molecule has 0 atom stereocenters. The predicted octanol–water partition coefficient (Wildman–Crippen LogP) is 6.19. The molecule has 2 aromatic rings. The van der Waals surface area contributed by atoms with Crippen molar-refractivity contribution < 1.29 is 14.6 Å². The molecule has 0 aliphatic carbocycles. The van der Waals surface area contributed by atoms with Crippen molar-refractivity contribution in [3.05, 3.63) is 89.6 Å². The van der Waals surface area contributed by atoms with Crippen LogP contribution in [0.15, 0.2) is 67.9 Å². The Hall–Kier alpha value is -2.82. The number of nitrogens with zero attached hydrogens (tertiary/aromatic N) is 1. The minimum absolute atomic E-state index is 0.310. The van der Waals surface area contributed by atoms with Crippen LogP contribution in [0, 0.1) is 0 Å². The van der Waals surface area contributed by atoms with Crippen LogP contribution in [0.4, 0.5) is 0 Å². The van der Waals surface area contributed by atoms with Crippen molar-refractivity contribution >= 4 is 29.2 Å². The van der Waals surface area contributed by atoms with Gasteiger partial charge in [-0.15, -0.1) is 13.2 Å². The van der Waals surface area contributed by atoms with Crippen molar-refractivity contribution in [2.24, 2.45) is 0 Å². The molecule has 0 amide bonds. The first-order valence-electron chi connectivity index (χ1n) is 9.83. The number of aliphatic hydroxyl groups is 1. The molecule has 31 heavy (non-hydrogen) atoms. The number of methoxy groups -OCH3 is 1. The van der Waals surface area contributed by atoms with Gasteiger partial charge in [0.05, 0.1) is 12.7 Å². The Labute approximate surface area is 191 Å². The molecule has 4 nitrogen and oxygen atoms in total. The van der Waals surface area contributed by atoms with Crippen LogP contribution in [0.1, 0.15) is 43.9 Å². The summed E-state index contributed by atoms with van der Waals surface area (Å²) in [5.41, 5.74) is 5.32. The van der Waals surface area contributed by atoms with Crippen molar-refractivity contribution in [3.63, 3.8) is 0 Å². The lowest BCUT2D eigenvalue weighted by atomic mass is 9.86. The van der Waals surface area contributed by atoms with Gasteiger partial charge in [0, 0.05) is 41.0 Å². The largest absolute Gasteiger partial charge is 0.497 e. The smallest absolute Gasteiger partial charge is 0.125 e. The summed E-state index contributed by atoms with van der Waals surface area (Å²) in [6.07, 6.45) is 1.23. The summed E-state index contributed by atoms with van der Waals surface area (Å²) in [5, 5.41) is 9.20. The number of halogens is 1. The third-order valence-electron chi connectivity index (χ3n) is 4.31. The van der Waals surface area contributed by atoms with Crippen molar-refractivity contribution in [2.75, 3.05) is 14.2 Å². The summed E-state index contributed by atoms with van der Waals surface area (Å²) < 4.78 is 5.38. The number of carbonyl (C=O) groups excluding carboxylic acids is 1. The minimum Gasteiger partial charge on any atom is -0.497 e. The molecule has 0 radical (unpaired) electrons. The number of carbonyl (C=O) groups is 1. The Kier molecular flexibility index (Phi) is 9.76. The van der Waals surface area contributed by atoms with Crippen molar-refractivity contribution in [2.45, 2.75) is 32.8 Å². The standard InChI is InChI=1S/C20H18ClNO2.C4H10O.C2H4/c1-13-17-9-8-16(24-3)12-18(17)20(19(10-11-23)22(13)2)14-4-6-15(21)7-5-14;1-4(2,3)5;1-2/h4-9,11-12H,1,10H2,2-3H3;5H,1-3H3;1-2H2. The monoisotopic (exact) mass is 441 g/mol. The van der Waals surface area contributed by atoms with Crippen LogP contribution in [0.3, 0.4) is 0 Å². The molecule has 0 saturated carbocycles. The molecule has 5 heteroatoms. The van der Waals surface area contributed by atoms with E-state index >= 15 is 0 Å². The van der Waals surface area contributed by atoms with Crippen LogP contribution >= 0.6 is 11.6 Å². The van der Waals surface area contributed by atoms with Crippen molar-refractivity contribution in [1.82, 2.24) is 4.90 Å². The fourth-order valence-electron chi connectivity index (χ4n) is 3.03. The fourth-order valence-corrected chi connectivity index (χ4v) is 3.16. The molecule has 0 bridgehead atoms. The van der Waals surface area contributed by atoms with Gasteiger partial charge in [-0.1, -0.05) is 30.3 Å². The maximum absolute atomic E-state index is 11.3. The quantitative estimate of drug-likeness (QED) is 0.453. The number of aldehydes is 1. The highest BCUT2D eigenvalue weighted by molar-refractivity contribution is 6.30. The lowest BCUT2D eigenvalue weighted by molar-refractivity contribution is -0.107. The molecule has 1 aliphatic heterocycles. The highest BCUT2D eigenvalue weighted by atomic mass is 35.5. The van der Waals surface area contributed by atoms with Gasteiger partial charge >= 0.3 is 0 Å². The first-order valence-corrected chi connectivity index (χ1v) is 10.2. The lowest BCUT2D eigenvalue weighted by Crippen LogP contribution is -2.23. The second-order valence-electron chi connectivity index (χ2n) is 7.79. The van der Waals surface area contributed by atoms with Gasteiger partial charge < -0.3 is 19.5 Å². The van der Waals surface area contributed by atoms with Crippen LogP contribution in [0.5, 0.6) is 5.75 Å². The number of fused-ring (bicyclic) bond motifs is 1. The maximum atomic E-state index is 11.3. The summed E-state index contributed by atoms with van der Waals surface area (Å²) in [6.45, 7) is 15.4. The van der Waals surface area contributed by atoms with Gasteiger partial charge in [0.2, 0.25) is 0 Å². The summed E-state index contributed by atoms with van der Waals surface area (Å²) >= 11 is 6.03. The van der Waals surface area contributed by atoms with E-state index < -0.39 is 5.60 Å². The highest BCUT2D eigenvalue weighted by Gasteiger charge is 2.26. The Morgan fingerprint density at radius 2 is 1.65 bits per heavy atom. The summed E-state index contributed by atoms with van der Waals surface area (Å²) in [6, 6.07) is 13.5. The maximum Gasteiger partial charge on any atom is 0.125 e. The van der Waals surface area contributed by atoms with Crippen molar-refractivity contribution in [3.8, 4) is 5.75 Å². The topological polar surface area (TPSA) is 49.8 Å². The van der Waals surface area contributed by atoms with E-state index in [0.29, 0.717) is 11.4 Å². The molecule has 2 aromatic carbocycles. The van der Waals surface area contributed by atoms with Crippen molar-refractivity contribution in [1.29, 1.82) is 0 Å². The molecular weight excluding hydrogens is 410 g/mol. The Morgan fingerprint density at radius 3 is 2.13 bits per heavy atom. The van der Waals surface area contributed by atoms with Crippen LogP contribution < -0.4 is 4.74 Å². The van der Waals surface area contributed by atoms with Gasteiger partial charge in [0.1, 0.15) is 12.0 Å². The molecule has 1 aliphatic rings.